The maximum atomic E-state index is 11.6. The summed E-state index contributed by atoms with van der Waals surface area (Å²) in [4.78, 5) is 4.48. The largest absolute Gasteiger partial charge is 0.256 e. The molecule has 0 aliphatic carbocycles. The zero-order valence-electron chi connectivity index (χ0n) is 10.3. The minimum absolute atomic E-state index is 0.0448. The molecule has 1 fully saturated rings. The van der Waals surface area contributed by atoms with Crippen LogP contribution in [0.25, 0.3) is 10.9 Å². The summed E-state index contributed by atoms with van der Waals surface area (Å²) in [6, 6.07) is 9.99. The molecule has 1 aliphatic heterocycles. The molecule has 0 saturated carbocycles. The maximum Gasteiger partial charge on any atom is 0.150 e. The summed E-state index contributed by atoms with van der Waals surface area (Å²) < 4.78 is 23.2. The quantitative estimate of drug-likeness (QED) is 0.790. The van der Waals surface area contributed by atoms with E-state index in [0.717, 1.165) is 22.9 Å². The van der Waals surface area contributed by atoms with Gasteiger partial charge in [0.15, 0.2) is 9.84 Å². The number of alkyl halides is 1. The van der Waals surface area contributed by atoms with Gasteiger partial charge in [0.2, 0.25) is 0 Å². The van der Waals surface area contributed by atoms with E-state index in [0.29, 0.717) is 5.75 Å². The molecular formula is C14H14BrNO2S. The molecule has 100 valence electrons. The van der Waals surface area contributed by atoms with Crippen LogP contribution in [0, 0.1) is 5.92 Å². The van der Waals surface area contributed by atoms with Gasteiger partial charge in [-0.2, -0.15) is 0 Å². The summed E-state index contributed by atoms with van der Waals surface area (Å²) >= 11 is 3.68. The third-order valence-corrected chi connectivity index (χ3v) is 6.68. The van der Waals surface area contributed by atoms with Crippen LogP contribution >= 0.6 is 15.9 Å². The van der Waals surface area contributed by atoms with Crippen LogP contribution in [0.1, 0.15) is 16.8 Å². The molecule has 0 spiro atoms. The summed E-state index contributed by atoms with van der Waals surface area (Å²) in [5, 5.41) is 1.09. The van der Waals surface area contributed by atoms with Crippen molar-refractivity contribution < 1.29 is 8.42 Å². The van der Waals surface area contributed by atoms with Crippen molar-refractivity contribution in [1.82, 2.24) is 4.98 Å². The molecule has 3 rings (SSSR count). The highest BCUT2D eigenvalue weighted by atomic mass is 79.9. The van der Waals surface area contributed by atoms with E-state index >= 15 is 0 Å². The monoisotopic (exact) mass is 339 g/mol. The number of fused-ring (bicyclic) bond motifs is 1. The van der Waals surface area contributed by atoms with Crippen molar-refractivity contribution >= 4 is 36.7 Å². The Kier molecular flexibility index (Phi) is 3.35. The Morgan fingerprint density at radius 2 is 2.05 bits per heavy atom. The number of pyridine rings is 1. The molecule has 19 heavy (non-hydrogen) atoms. The second kappa shape index (κ2) is 4.87. The van der Waals surface area contributed by atoms with Gasteiger partial charge in [0.05, 0.1) is 17.0 Å². The summed E-state index contributed by atoms with van der Waals surface area (Å²) in [6.07, 6.45) is 2.50. The van der Waals surface area contributed by atoms with Crippen molar-refractivity contribution in [3.05, 3.63) is 42.1 Å². The Morgan fingerprint density at radius 3 is 2.79 bits per heavy atom. The van der Waals surface area contributed by atoms with Crippen molar-refractivity contribution in [1.29, 1.82) is 0 Å². The van der Waals surface area contributed by atoms with Crippen LogP contribution in [0.15, 0.2) is 36.5 Å². The van der Waals surface area contributed by atoms with Crippen LogP contribution in [-0.2, 0) is 9.84 Å². The van der Waals surface area contributed by atoms with E-state index in [1.807, 2.05) is 30.3 Å². The minimum atomic E-state index is -2.85. The van der Waals surface area contributed by atoms with Gasteiger partial charge in [-0.3, -0.25) is 4.98 Å². The maximum absolute atomic E-state index is 11.6. The fourth-order valence-electron chi connectivity index (χ4n) is 2.66. The molecule has 2 unspecified atom stereocenters. The third-order valence-electron chi connectivity index (χ3n) is 3.64. The smallest absolute Gasteiger partial charge is 0.150 e. The second-order valence-corrected chi connectivity index (χ2v) is 8.20. The Morgan fingerprint density at radius 1 is 1.26 bits per heavy atom. The molecule has 1 aromatic heterocycles. The Bertz CT molecular complexity index is 709. The number of hydrogen-bond acceptors (Lipinski definition) is 3. The highest BCUT2D eigenvalue weighted by Gasteiger charge is 2.33. The normalized spacial score (nSPS) is 23.5. The minimum Gasteiger partial charge on any atom is -0.256 e. The first-order chi connectivity index (χ1) is 9.07. The number of para-hydroxylation sites is 1. The SMILES string of the molecule is O=S1(=O)CCC(C(Br)c2cccc3cccnc23)C1. The van der Waals surface area contributed by atoms with Crippen LogP contribution in [0.2, 0.25) is 0 Å². The summed E-state index contributed by atoms with van der Waals surface area (Å²) in [5.74, 6) is 0.710. The zero-order valence-corrected chi connectivity index (χ0v) is 12.7. The topological polar surface area (TPSA) is 47.0 Å². The molecule has 1 saturated heterocycles. The molecule has 0 bridgehead atoms. The van der Waals surface area contributed by atoms with E-state index in [4.69, 9.17) is 0 Å². The number of benzene rings is 1. The average molecular weight is 340 g/mol. The molecule has 0 radical (unpaired) electrons. The van der Waals surface area contributed by atoms with Gasteiger partial charge < -0.3 is 0 Å². The van der Waals surface area contributed by atoms with Gasteiger partial charge in [-0.05, 0) is 24.0 Å². The number of halogens is 1. The van der Waals surface area contributed by atoms with Gasteiger partial charge in [0.1, 0.15) is 0 Å². The van der Waals surface area contributed by atoms with E-state index in [2.05, 4.69) is 20.9 Å². The first kappa shape index (κ1) is 13.1. The van der Waals surface area contributed by atoms with Crippen LogP contribution in [0.5, 0.6) is 0 Å². The molecule has 3 nitrogen and oxygen atoms in total. The van der Waals surface area contributed by atoms with E-state index in [-0.39, 0.29) is 16.5 Å². The lowest BCUT2D eigenvalue weighted by molar-refractivity contribution is 0.581. The van der Waals surface area contributed by atoms with Crippen LogP contribution < -0.4 is 0 Å². The molecular weight excluding hydrogens is 326 g/mol. The standard InChI is InChI=1S/C14H14BrNO2S/c15-13(11-6-8-19(17,18)9-11)12-5-1-3-10-4-2-7-16-14(10)12/h1-5,7,11,13H,6,8-9H2. The summed E-state index contributed by atoms with van der Waals surface area (Å²) in [5.41, 5.74) is 2.04. The first-order valence-electron chi connectivity index (χ1n) is 6.25. The number of rotatable bonds is 2. The van der Waals surface area contributed by atoms with Gasteiger partial charge in [-0.15, -0.1) is 0 Å². The summed E-state index contributed by atoms with van der Waals surface area (Å²) in [6.45, 7) is 0. The van der Waals surface area contributed by atoms with Gasteiger partial charge in [0.25, 0.3) is 0 Å². The van der Waals surface area contributed by atoms with Crippen LogP contribution in [-0.4, -0.2) is 24.9 Å². The van der Waals surface area contributed by atoms with Crippen LogP contribution in [0.3, 0.4) is 0 Å². The molecule has 2 atom stereocenters. The van der Waals surface area contributed by atoms with Crippen molar-refractivity contribution in [2.75, 3.05) is 11.5 Å². The van der Waals surface area contributed by atoms with Crippen LogP contribution in [0.4, 0.5) is 0 Å². The Hall–Kier alpha value is -0.940. The van der Waals surface area contributed by atoms with E-state index in [9.17, 15) is 8.42 Å². The molecule has 0 amide bonds. The molecule has 0 N–H and O–H groups in total. The average Bonchev–Trinajstić information content (AvgIpc) is 2.78. The lowest BCUT2D eigenvalue weighted by Crippen LogP contribution is -2.10. The van der Waals surface area contributed by atoms with Gasteiger partial charge in [-0.25, -0.2) is 8.42 Å². The molecule has 1 aliphatic rings. The Balaban J connectivity index is 2.00. The van der Waals surface area contributed by atoms with Crippen molar-refractivity contribution in [3.8, 4) is 0 Å². The van der Waals surface area contributed by atoms with Crippen molar-refractivity contribution in [3.63, 3.8) is 0 Å². The molecule has 2 heterocycles. The van der Waals surface area contributed by atoms with E-state index < -0.39 is 9.84 Å². The highest BCUT2D eigenvalue weighted by Crippen LogP contribution is 2.39. The second-order valence-electron chi connectivity index (χ2n) is 4.99. The molecule has 5 heteroatoms. The van der Waals surface area contributed by atoms with Gasteiger partial charge in [-0.1, -0.05) is 40.2 Å². The summed E-state index contributed by atoms with van der Waals surface area (Å²) in [7, 11) is -2.85. The number of hydrogen-bond donors (Lipinski definition) is 0. The van der Waals surface area contributed by atoms with E-state index in [1.165, 1.54) is 0 Å². The Labute approximate surface area is 121 Å². The first-order valence-corrected chi connectivity index (χ1v) is 8.99. The molecule has 2 aromatic rings. The lowest BCUT2D eigenvalue weighted by atomic mass is 9.97. The predicted octanol–water partition coefficient (Wildman–Crippen LogP) is 3.11. The zero-order chi connectivity index (χ0) is 13.5. The number of aromatic nitrogens is 1. The van der Waals surface area contributed by atoms with Crippen molar-refractivity contribution in [2.45, 2.75) is 11.2 Å². The third kappa shape index (κ3) is 2.54. The van der Waals surface area contributed by atoms with Gasteiger partial charge in [0, 0.05) is 16.4 Å². The fourth-order valence-corrected chi connectivity index (χ4v) is 5.57. The highest BCUT2D eigenvalue weighted by molar-refractivity contribution is 9.09. The lowest BCUT2D eigenvalue weighted by Gasteiger charge is -2.17. The van der Waals surface area contributed by atoms with E-state index in [1.54, 1.807) is 6.20 Å². The number of sulfone groups is 1. The van der Waals surface area contributed by atoms with Crippen molar-refractivity contribution in [2.24, 2.45) is 5.92 Å². The fraction of sp³-hybridized carbons (Fsp3) is 0.357. The predicted molar refractivity (Wildman–Crippen MR) is 80.2 cm³/mol. The van der Waals surface area contributed by atoms with Gasteiger partial charge >= 0.3 is 0 Å². The number of nitrogens with zero attached hydrogens (tertiary/aromatic N) is 1. The molecule has 1 aromatic carbocycles.